The Bertz CT molecular complexity index is 598. The van der Waals surface area contributed by atoms with Gasteiger partial charge in [0.05, 0.1) is 17.3 Å². The standard InChI is InChI=1S/C14H18N4O.ClH/c15-8-10-4-3-5-12(10)17-14(19)11-9-16-18-7-2-1-6-13(11)18;/h1-2,6-7,9-10,12H,3-5,8,15H2,(H,17,19);1H. The molecule has 20 heavy (non-hydrogen) atoms. The summed E-state index contributed by atoms with van der Waals surface area (Å²) in [4.78, 5) is 12.3. The van der Waals surface area contributed by atoms with Crippen LogP contribution >= 0.6 is 12.4 Å². The maximum atomic E-state index is 12.3. The highest BCUT2D eigenvalue weighted by Gasteiger charge is 2.28. The quantitative estimate of drug-likeness (QED) is 0.903. The number of halogens is 1. The van der Waals surface area contributed by atoms with Gasteiger partial charge in [-0.3, -0.25) is 4.79 Å². The minimum Gasteiger partial charge on any atom is -0.349 e. The van der Waals surface area contributed by atoms with Crippen molar-refractivity contribution in [2.24, 2.45) is 11.7 Å². The fourth-order valence-corrected chi connectivity index (χ4v) is 2.86. The van der Waals surface area contributed by atoms with Crippen molar-refractivity contribution in [3.05, 3.63) is 36.2 Å². The second-order valence-corrected chi connectivity index (χ2v) is 5.10. The number of carbonyl (C=O) groups is 1. The number of hydrogen-bond acceptors (Lipinski definition) is 3. The van der Waals surface area contributed by atoms with Crippen LogP contribution in [0.4, 0.5) is 0 Å². The summed E-state index contributed by atoms with van der Waals surface area (Å²) in [6, 6.07) is 5.91. The Labute approximate surface area is 123 Å². The Morgan fingerprint density at radius 1 is 1.45 bits per heavy atom. The third kappa shape index (κ3) is 2.64. The van der Waals surface area contributed by atoms with Gasteiger partial charge < -0.3 is 11.1 Å². The van der Waals surface area contributed by atoms with Crippen LogP contribution in [0.2, 0.25) is 0 Å². The zero-order chi connectivity index (χ0) is 13.2. The van der Waals surface area contributed by atoms with Crippen LogP contribution in [0.1, 0.15) is 29.6 Å². The fraction of sp³-hybridized carbons (Fsp3) is 0.429. The Balaban J connectivity index is 0.00000147. The number of fused-ring (bicyclic) bond motifs is 1. The summed E-state index contributed by atoms with van der Waals surface area (Å²) in [5, 5.41) is 7.29. The maximum absolute atomic E-state index is 12.3. The molecule has 0 radical (unpaired) electrons. The van der Waals surface area contributed by atoms with Crippen LogP contribution in [0.3, 0.4) is 0 Å². The molecule has 1 saturated carbocycles. The molecule has 3 rings (SSSR count). The summed E-state index contributed by atoms with van der Waals surface area (Å²) in [7, 11) is 0. The van der Waals surface area contributed by atoms with Gasteiger partial charge in [0, 0.05) is 12.2 Å². The molecule has 5 nitrogen and oxygen atoms in total. The topological polar surface area (TPSA) is 72.4 Å². The van der Waals surface area contributed by atoms with Gasteiger partial charge in [-0.25, -0.2) is 4.52 Å². The van der Waals surface area contributed by atoms with Crippen LogP contribution in [0.15, 0.2) is 30.6 Å². The Hall–Kier alpha value is -1.59. The molecule has 3 N–H and O–H groups in total. The van der Waals surface area contributed by atoms with Crippen molar-refractivity contribution in [1.29, 1.82) is 0 Å². The molecule has 1 fully saturated rings. The number of pyridine rings is 1. The van der Waals surface area contributed by atoms with Crippen molar-refractivity contribution in [1.82, 2.24) is 14.9 Å². The monoisotopic (exact) mass is 294 g/mol. The summed E-state index contributed by atoms with van der Waals surface area (Å²) in [6.45, 7) is 0.639. The van der Waals surface area contributed by atoms with Gasteiger partial charge in [-0.1, -0.05) is 12.5 Å². The second-order valence-electron chi connectivity index (χ2n) is 5.10. The van der Waals surface area contributed by atoms with Gasteiger partial charge >= 0.3 is 0 Å². The molecule has 0 spiro atoms. The second kappa shape index (κ2) is 6.24. The first-order chi connectivity index (χ1) is 9.29. The first-order valence-electron chi connectivity index (χ1n) is 6.73. The third-order valence-electron chi connectivity index (χ3n) is 3.95. The molecule has 0 aromatic carbocycles. The Morgan fingerprint density at radius 3 is 3.10 bits per heavy atom. The highest BCUT2D eigenvalue weighted by Crippen LogP contribution is 2.25. The first kappa shape index (κ1) is 14.8. The molecule has 1 amide bonds. The van der Waals surface area contributed by atoms with Crippen LogP contribution in [0.25, 0.3) is 5.52 Å². The van der Waals surface area contributed by atoms with Gasteiger partial charge in [0.2, 0.25) is 0 Å². The van der Waals surface area contributed by atoms with E-state index in [1.54, 1.807) is 10.7 Å². The van der Waals surface area contributed by atoms with E-state index in [0.717, 1.165) is 24.8 Å². The maximum Gasteiger partial charge on any atom is 0.255 e. The van der Waals surface area contributed by atoms with Crippen molar-refractivity contribution >= 4 is 23.8 Å². The summed E-state index contributed by atoms with van der Waals surface area (Å²) in [6.07, 6.45) is 6.73. The average molecular weight is 295 g/mol. The summed E-state index contributed by atoms with van der Waals surface area (Å²) in [5.41, 5.74) is 7.20. The van der Waals surface area contributed by atoms with Crippen LogP contribution in [0.5, 0.6) is 0 Å². The molecule has 108 valence electrons. The van der Waals surface area contributed by atoms with Gasteiger partial charge in [0.15, 0.2) is 0 Å². The normalized spacial score (nSPS) is 21.6. The summed E-state index contributed by atoms with van der Waals surface area (Å²) in [5.74, 6) is 0.359. The highest BCUT2D eigenvalue weighted by atomic mass is 35.5. The smallest absolute Gasteiger partial charge is 0.255 e. The number of nitrogens with two attached hydrogens (primary N) is 1. The first-order valence-corrected chi connectivity index (χ1v) is 6.73. The number of nitrogens with one attached hydrogen (secondary N) is 1. The number of nitrogens with zero attached hydrogens (tertiary/aromatic N) is 2. The van der Waals surface area contributed by atoms with E-state index < -0.39 is 0 Å². The van der Waals surface area contributed by atoms with Crippen LogP contribution < -0.4 is 11.1 Å². The zero-order valence-corrected chi connectivity index (χ0v) is 12.0. The van der Waals surface area contributed by atoms with Crippen LogP contribution in [-0.2, 0) is 0 Å². The van der Waals surface area contributed by atoms with Crippen LogP contribution in [-0.4, -0.2) is 28.1 Å². The van der Waals surface area contributed by atoms with E-state index in [0.29, 0.717) is 18.0 Å². The molecule has 2 unspecified atom stereocenters. The molecule has 1 aliphatic rings. The fourth-order valence-electron chi connectivity index (χ4n) is 2.86. The third-order valence-corrected chi connectivity index (χ3v) is 3.95. The zero-order valence-electron chi connectivity index (χ0n) is 11.2. The van der Waals surface area contributed by atoms with Crippen molar-refractivity contribution < 1.29 is 4.79 Å². The lowest BCUT2D eigenvalue weighted by molar-refractivity contribution is 0.0930. The lowest BCUT2D eigenvalue weighted by Crippen LogP contribution is -2.39. The van der Waals surface area contributed by atoms with Crippen LogP contribution in [0, 0.1) is 5.92 Å². The number of aromatic nitrogens is 2. The van der Waals surface area contributed by atoms with Gasteiger partial charge in [0.1, 0.15) is 0 Å². The lowest BCUT2D eigenvalue weighted by atomic mass is 10.0. The van der Waals surface area contributed by atoms with Crippen molar-refractivity contribution in [3.63, 3.8) is 0 Å². The van der Waals surface area contributed by atoms with E-state index in [4.69, 9.17) is 5.73 Å². The van der Waals surface area contributed by atoms with Gasteiger partial charge in [-0.05, 0) is 37.4 Å². The van der Waals surface area contributed by atoms with Crippen molar-refractivity contribution in [3.8, 4) is 0 Å². The van der Waals surface area contributed by atoms with E-state index in [2.05, 4.69) is 10.4 Å². The molecular weight excluding hydrogens is 276 g/mol. The molecule has 2 atom stereocenters. The molecule has 2 aromatic heterocycles. The minimum atomic E-state index is -0.0495. The van der Waals surface area contributed by atoms with E-state index in [-0.39, 0.29) is 24.4 Å². The van der Waals surface area contributed by atoms with E-state index in [1.807, 2.05) is 24.4 Å². The largest absolute Gasteiger partial charge is 0.349 e. The SMILES string of the molecule is Cl.NCC1CCCC1NC(=O)c1cnn2ccccc12. The summed E-state index contributed by atoms with van der Waals surface area (Å²) < 4.78 is 1.71. The van der Waals surface area contributed by atoms with Crippen molar-refractivity contribution in [2.75, 3.05) is 6.54 Å². The minimum absolute atomic E-state index is 0. The number of rotatable bonds is 3. The molecule has 0 aliphatic heterocycles. The van der Waals surface area contributed by atoms with Crippen molar-refractivity contribution in [2.45, 2.75) is 25.3 Å². The van der Waals surface area contributed by atoms with Gasteiger partial charge in [0.25, 0.3) is 5.91 Å². The molecule has 0 bridgehead atoms. The average Bonchev–Trinajstić information content (AvgIpc) is 3.04. The number of carbonyl (C=O) groups excluding carboxylic acids is 1. The predicted octanol–water partition coefficient (Wildman–Crippen LogP) is 1.61. The Morgan fingerprint density at radius 2 is 2.30 bits per heavy atom. The predicted molar refractivity (Wildman–Crippen MR) is 80.1 cm³/mol. The molecule has 0 saturated heterocycles. The molecule has 1 aliphatic carbocycles. The number of amides is 1. The highest BCUT2D eigenvalue weighted by molar-refractivity contribution is 6.00. The van der Waals surface area contributed by atoms with E-state index in [9.17, 15) is 4.79 Å². The molecule has 6 heteroatoms. The summed E-state index contributed by atoms with van der Waals surface area (Å²) >= 11 is 0. The van der Waals surface area contributed by atoms with E-state index in [1.165, 1.54) is 0 Å². The van der Waals surface area contributed by atoms with E-state index >= 15 is 0 Å². The lowest BCUT2D eigenvalue weighted by Gasteiger charge is -2.19. The Kier molecular flexibility index (Phi) is 4.62. The molecule has 2 aromatic rings. The van der Waals surface area contributed by atoms with Gasteiger partial charge in [-0.2, -0.15) is 5.10 Å². The molecular formula is C14H19ClN4O. The molecule has 2 heterocycles. The van der Waals surface area contributed by atoms with Gasteiger partial charge in [-0.15, -0.1) is 12.4 Å². The number of hydrogen-bond donors (Lipinski definition) is 2.